The smallest absolute Gasteiger partial charge is 0.194 e. The maximum atomic E-state index is 6.08. The van der Waals surface area contributed by atoms with E-state index in [1.807, 2.05) is 18.5 Å². The second-order valence-corrected chi connectivity index (χ2v) is 7.30. The first-order valence-corrected chi connectivity index (χ1v) is 10.1. The second-order valence-electron chi connectivity index (χ2n) is 7.30. The van der Waals surface area contributed by atoms with Crippen LogP contribution in [0.15, 0.2) is 29.3 Å². The molecule has 1 atom stereocenters. The van der Waals surface area contributed by atoms with Crippen LogP contribution in [0.5, 0.6) is 0 Å². The van der Waals surface area contributed by atoms with Crippen LogP contribution in [0.25, 0.3) is 0 Å². The Bertz CT molecular complexity index is 819. The zero-order valence-corrected chi connectivity index (χ0v) is 17.9. The van der Waals surface area contributed by atoms with Gasteiger partial charge in [0.05, 0.1) is 13.2 Å². The van der Waals surface area contributed by atoms with E-state index in [0.29, 0.717) is 13.2 Å². The Labute approximate surface area is 172 Å². The lowest BCUT2D eigenvalue weighted by atomic mass is 10.0. The molecule has 3 rings (SSSR count). The highest BCUT2D eigenvalue weighted by Crippen LogP contribution is 2.25. The van der Waals surface area contributed by atoms with E-state index in [1.54, 1.807) is 7.11 Å². The number of nitrogens with one attached hydrogen (secondary N) is 1. The van der Waals surface area contributed by atoms with Crippen molar-refractivity contribution in [3.63, 3.8) is 0 Å². The minimum atomic E-state index is 0.0352. The van der Waals surface area contributed by atoms with E-state index in [4.69, 9.17) is 14.5 Å². The Balaban J connectivity index is 1.74. The molecule has 0 radical (unpaired) electrons. The maximum Gasteiger partial charge on any atom is 0.194 e. The fourth-order valence-corrected chi connectivity index (χ4v) is 3.40. The molecule has 8 nitrogen and oxygen atoms in total. The van der Waals surface area contributed by atoms with Gasteiger partial charge in [-0.15, -0.1) is 10.2 Å². The van der Waals surface area contributed by atoms with Crippen LogP contribution < -0.4 is 5.32 Å². The quantitative estimate of drug-likeness (QED) is 0.435. The number of rotatable bonds is 7. The fraction of sp³-hybridized carbons (Fsp3) is 0.571. The van der Waals surface area contributed by atoms with Crippen LogP contribution in [0.1, 0.15) is 35.3 Å². The van der Waals surface area contributed by atoms with Crippen molar-refractivity contribution in [1.82, 2.24) is 25.0 Å². The lowest BCUT2D eigenvalue weighted by molar-refractivity contribution is -0.00839. The number of hydrogen-bond donors (Lipinski definition) is 1. The zero-order valence-electron chi connectivity index (χ0n) is 17.9. The third-order valence-electron chi connectivity index (χ3n) is 5.26. The van der Waals surface area contributed by atoms with Crippen LogP contribution in [0.2, 0.25) is 0 Å². The van der Waals surface area contributed by atoms with Crippen molar-refractivity contribution in [2.45, 2.75) is 32.9 Å². The van der Waals surface area contributed by atoms with Crippen LogP contribution in [0.3, 0.4) is 0 Å². The lowest BCUT2D eigenvalue weighted by Crippen LogP contribution is -2.48. The van der Waals surface area contributed by atoms with Gasteiger partial charge in [0.1, 0.15) is 18.5 Å². The molecule has 2 aromatic rings. The molecule has 0 spiro atoms. The topological polar surface area (TPSA) is 76.8 Å². The average Bonchev–Trinajstić information content (AvgIpc) is 3.06. The van der Waals surface area contributed by atoms with Gasteiger partial charge in [0.25, 0.3) is 0 Å². The summed E-state index contributed by atoms with van der Waals surface area (Å²) < 4.78 is 13.2. The van der Waals surface area contributed by atoms with Crippen molar-refractivity contribution in [2.75, 3.05) is 40.0 Å². The highest BCUT2D eigenvalue weighted by Gasteiger charge is 2.25. The van der Waals surface area contributed by atoms with Crippen molar-refractivity contribution in [3.8, 4) is 0 Å². The van der Waals surface area contributed by atoms with E-state index in [9.17, 15) is 0 Å². The molecule has 1 aromatic carbocycles. The standard InChI is InChI=1S/C21H32N6O2/c1-16-8-5-6-9-18(16)19-15-27(11-13-29-19)21(22-10-7-12-28-4)23-14-20-25-24-17(2)26(20)3/h5-6,8-9,19H,7,10-15H2,1-4H3,(H,22,23). The molecule has 1 aliphatic heterocycles. The van der Waals surface area contributed by atoms with Gasteiger partial charge in [-0.1, -0.05) is 24.3 Å². The first-order chi connectivity index (χ1) is 14.1. The number of benzene rings is 1. The molecular weight excluding hydrogens is 368 g/mol. The Hall–Kier alpha value is -2.45. The third-order valence-corrected chi connectivity index (χ3v) is 5.26. The molecule has 158 valence electrons. The first-order valence-electron chi connectivity index (χ1n) is 10.1. The van der Waals surface area contributed by atoms with Gasteiger partial charge in [0.2, 0.25) is 0 Å². The lowest BCUT2D eigenvalue weighted by Gasteiger charge is -2.36. The van der Waals surface area contributed by atoms with Crippen LogP contribution in [-0.4, -0.2) is 65.6 Å². The molecule has 0 aliphatic carbocycles. The predicted octanol–water partition coefficient (Wildman–Crippen LogP) is 1.99. The Morgan fingerprint density at radius 1 is 1.31 bits per heavy atom. The van der Waals surface area contributed by atoms with Crippen molar-refractivity contribution in [1.29, 1.82) is 0 Å². The molecule has 0 bridgehead atoms. The summed E-state index contributed by atoms with van der Waals surface area (Å²) in [5, 5.41) is 11.8. The summed E-state index contributed by atoms with van der Waals surface area (Å²) in [5.41, 5.74) is 2.49. The molecule has 29 heavy (non-hydrogen) atoms. The number of ether oxygens (including phenoxy) is 2. The summed E-state index contributed by atoms with van der Waals surface area (Å²) in [5.74, 6) is 2.61. The molecular formula is C21H32N6O2. The Morgan fingerprint density at radius 3 is 2.86 bits per heavy atom. The number of aromatic nitrogens is 3. The van der Waals surface area contributed by atoms with E-state index >= 15 is 0 Å². The molecule has 0 saturated carbocycles. The number of aryl methyl sites for hydroxylation is 2. The SMILES string of the molecule is COCCCNC(=NCc1nnc(C)n1C)N1CCOC(c2ccccc2C)C1. The van der Waals surface area contributed by atoms with E-state index in [1.165, 1.54) is 11.1 Å². The summed E-state index contributed by atoms with van der Waals surface area (Å²) in [4.78, 5) is 7.13. The van der Waals surface area contributed by atoms with E-state index in [0.717, 1.165) is 50.3 Å². The fourth-order valence-electron chi connectivity index (χ4n) is 3.40. The van der Waals surface area contributed by atoms with E-state index in [2.05, 4.69) is 51.6 Å². The van der Waals surface area contributed by atoms with Gasteiger partial charge in [-0.25, -0.2) is 4.99 Å². The largest absolute Gasteiger partial charge is 0.385 e. The number of hydrogen-bond acceptors (Lipinski definition) is 5. The highest BCUT2D eigenvalue weighted by atomic mass is 16.5. The van der Waals surface area contributed by atoms with Crippen LogP contribution in [-0.2, 0) is 23.1 Å². The summed E-state index contributed by atoms with van der Waals surface area (Å²) in [7, 11) is 3.69. The van der Waals surface area contributed by atoms with Gasteiger partial charge in [-0.3, -0.25) is 0 Å². The summed E-state index contributed by atoms with van der Waals surface area (Å²) in [6, 6.07) is 8.41. The second kappa shape index (κ2) is 10.4. The number of morpholine rings is 1. The number of aliphatic imine (C=N–C) groups is 1. The molecule has 0 amide bonds. The Kier molecular flexibility index (Phi) is 7.60. The molecule has 2 heterocycles. The van der Waals surface area contributed by atoms with Gasteiger partial charge < -0.3 is 24.3 Å². The van der Waals surface area contributed by atoms with Crippen LogP contribution in [0, 0.1) is 13.8 Å². The summed E-state index contributed by atoms with van der Waals surface area (Å²) in [6.45, 7) is 8.31. The van der Waals surface area contributed by atoms with Crippen molar-refractivity contribution in [3.05, 3.63) is 47.0 Å². The van der Waals surface area contributed by atoms with Gasteiger partial charge >= 0.3 is 0 Å². The highest BCUT2D eigenvalue weighted by molar-refractivity contribution is 5.80. The first kappa shape index (κ1) is 21.3. The third kappa shape index (κ3) is 5.55. The number of nitrogens with zero attached hydrogens (tertiary/aromatic N) is 5. The maximum absolute atomic E-state index is 6.08. The number of guanidine groups is 1. The van der Waals surface area contributed by atoms with Gasteiger partial charge in [0, 0.05) is 33.9 Å². The summed E-state index contributed by atoms with van der Waals surface area (Å²) in [6.07, 6.45) is 0.956. The van der Waals surface area contributed by atoms with E-state index < -0.39 is 0 Å². The molecule has 1 aromatic heterocycles. The molecule has 1 aliphatic rings. The van der Waals surface area contributed by atoms with Gasteiger partial charge in [-0.2, -0.15) is 0 Å². The summed E-state index contributed by atoms with van der Waals surface area (Å²) >= 11 is 0. The van der Waals surface area contributed by atoms with Crippen LogP contribution >= 0.6 is 0 Å². The number of methoxy groups -OCH3 is 1. The van der Waals surface area contributed by atoms with Crippen molar-refractivity contribution >= 4 is 5.96 Å². The molecule has 1 fully saturated rings. The monoisotopic (exact) mass is 400 g/mol. The molecule has 1 unspecified atom stereocenters. The minimum Gasteiger partial charge on any atom is -0.385 e. The average molecular weight is 401 g/mol. The predicted molar refractivity (Wildman–Crippen MR) is 113 cm³/mol. The Morgan fingerprint density at radius 2 is 2.14 bits per heavy atom. The van der Waals surface area contributed by atoms with Crippen molar-refractivity contribution < 1.29 is 9.47 Å². The minimum absolute atomic E-state index is 0.0352. The van der Waals surface area contributed by atoms with Gasteiger partial charge in [0.15, 0.2) is 11.8 Å². The van der Waals surface area contributed by atoms with Crippen molar-refractivity contribution in [2.24, 2.45) is 12.0 Å². The normalized spacial score (nSPS) is 17.6. The van der Waals surface area contributed by atoms with Crippen LogP contribution in [0.4, 0.5) is 0 Å². The molecule has 8 heteroatoms. The van der Waals surface area contributed by atoms with Gasteiger partial charge in [-0.05, 0) is 31.4 Å². The molecule has 1 N–H and O–H groups in total. The zero-order chi connectivity index (χ0) is 20.6. The van der Waals surface area contributed by atoms with E-state index in [-0.39, 0.29) is 6.10 Å². The molecule has 1 saturated heterocycles.